The summed E-state index contributed by atoms with van der Waals surface area (Å²) in [6, 6.07) is 0. The van der Waals surface area contributed by atoms with Gasteiger partial charge in [0.25, 0.3) is 0 Å². The third kappa shape index (κ3) is 49.2. The quantitative estimate of drug-likeness (QED) is 0.0199. The molecule has 0 bridgehead atoms. The van der Waals surface area contributed by atoms with Gasteiger partial charge >= 0.3 is 17.9 Å². The molecule has 0 fully saturated rings. The maximum absolute atomic E-state index is 12.8. The van der Waals surface area contributed by atoms with Crippen LogP contribution in [0.25, 0.3) is 0 Å². The van der Waals surface area contributed by atoms with Crippen molar-refractivity contribution >= 4 is 17.9 Å². The van der Waals surface area contributed by atoms with Crippen molar-refractivity contribution in [1.29, 1.82) is 0 Å². The van der Waals surface area contributed by atoms with Crippen molar-refractivity contribution in [2.75, 3.05) is 13.2 Å². The van der Waals surface area contributed by atoms with Crippen molar-refractivity contribution in [1.82, 2.24) is 0 Å². The first-order chi connectivity index (χ1) is 31.0. The number of unbranched alkanes of at least 4 members (excludes halogenated alkanes) is 19. The summed E-state index contributed by atoms with van der Waals surface area (Å²) < 4.78 is 16.7. The second-order valence-corrected chi connectivity index (χ2v) is 16.7. The molecule has 0 aromatic rings. The van der Waals surface area contributed by atoms with E-state index in [9.17, 15) is 14.4 Å². The average Bonchev–Trinajstić information content (AvgIpc) is 3.28. The van der Waals surface area contributed by atoms with E-state index >= 15 is 0 Å². The van der Waals surface area contributed by atoms with Gasteiger partial charge in [-0.05, 0) is 103 Å². The van der Waals surface area contributed by atoms with Crippen LogP contribution in [0, 0.1) is 0 Å². The Morgan fingerprint density at radius 3 is 1.16 bits per heavy atom. The molecule has 0 aromatic heterocycles. The normalized spacial score (nSPS) is 12.9. The van der Waals surface area contributed by atoms with Crippen LogP contribution in [0.5, 0.6) is 0 Å². The number of rotatable bonds is 45. The zero-order valence-corrected chi connectivity index (χ0v) is 40.8. The van der Waals surface area contributed by atoms with Gasteiger partial charge in [-0.25, -0.2) is 0 Å². The third-order valence-corrected chi connectivity index (χ3v) is 10.6. The predicted molar refractivity (Wildman–Crippen MR) is 270 cm³/mol. The summed E-state index contributed by atoms with van der Waals surface area (Å²) in [6.45, 7) is 6.45. The summed E-state index contributed by atoms with van der Waals surface area (Å²) in [6.07, 6.45) is 66.9. The van der Waals surface area contributed by atoms with Gasteiger partial charge in [-0.2, -0.15) is 0 Å². The van der Waals surface area contributed by atoms with Crippen LogP contribution in [0.15, 0.2) is 97.2 Å². The van der Waals surface area contributed by atoms with Crippen molar-refractivity contribution in [3.8, 4) is 0 Å². The van der Waals surface area contributed by atoms with Crippen LogP contribution < -0.4 is 0 Å². The molecule has 0 saturated heterocycles. The molecule has 1 unspecified atom stereocenters. The second kappa shape index (κ2) is 51.0. The fourth-order valence-electron chi connectivity index (χ4n) is 6.65. The molecule has 0 amide bonds. The Bertz CT molecular complexity index is 1280. The molecule has 0 aromatic carbocycles. The van der Waals surface area contributed by atoms with Gasteiger partial charge in [0.1, 0.15) is 13.2 Å². The van der Waals surface area contributed by atoms with Crippen LogP contribution in [0.1, 0.15) is 226 Å². The third-order valence-electron chi connectivity index (χ3n) is 10.6. The maximum atomic E-state index is 12.8. The second-order valence-electron chi connectivity index (χ2n) is 16.7. The molecule has 0 radical (unpaired) electrons. The van der Waals surface area contributed by atoms with E-state index in [1.165, 1.54) is 96.3 Å². The smallest absolute Gasteiger partial charge is 0.306 e. The van der Waals surface area contributed by atoms with Crippen LogP contribution in [0.3, 0.4) is 0 Å². The summed E-state index contributed by atoms with van der Waals surface area (Å²) in [5.74, 6) is -1.06. The Balaban J connectivity index is 4.57. The number of hydrogen-bond donors (Lipinski definition) is 0. The molecule has 6 nitrogen and oxygen atoms in total. The van der Waals surface area contributed by atoms with Gasteiger partial charge in [-0.15, -0.1) is 0 Å². The SMILES string of the molecule is CCCCC/C=C\C=C/CCCCCCCCC(=O)OC(COC(=O)CC/C=C\C/C=C\CCCCCCCC)COC(=O)CCC/C=C\C/C=C\C/C=C\C/C=C\CCCCC. The van der Waals surface area contributed by atoms with Crippen LogP contribution >= 0.6 is 0 Å². The highest BCUT2D eigenvalue weighted by atomic mass is 16.6. The Labute approximate surface area is 387 Å². The first-order valence-corrected chi connectivity index (χ1v) is 25.8. The van der Waals surface area contributed by atoms with E-state index in [0.29, 0.717) is 19.3 Å². The molecule has 0 aliphatic heterocycles. The summed E-state index contributed by atoms with van der Waals surface area (Å²) in [7, 11) is 0. The molecule has 0 aliphatic rings. The molecular weight excluding hydrogens is 781 g/mol. The zero-order valence-electron chi connectivity index (χ0n) is 40.8. The number of carbonyl (C=O) groups excluding carboxylic acids is 3. The van der Waals surface area contributed by atoms with E-state index in [-0.39, 0.29) is 44.0 Å². The highest BCUT2D eigenvalue weighted by Crippen LogP contribution is 2.12. The molecular formula is C57H94O6. The zero-order chi connectivity index (χ0) is 45.8. The topological polar surface area (TPSA) is 78.9 Å². The molecule has 0 rings (SSSR count). The van der Waals surface area contributed by atoms with E-state index in [2.05, 4.69) is 112 Å². The molecule has 0 spiro atoms. The lowest BCUT2D eigenvalue weighted by Gasteiger charge is -2.18. The van der Waals surface area contributed by atoms with E-state index in [4.69, 9.17) is 14.2 Å². The minimum atomic E-state index is -0.828. The van der Waals surface area contributed by atoms with E-state index in [1.54, 1.807) is 0 Å². The maximum Gasteiger partial charge on any atom is 0.306 e. The largest absolute Gasteiger partial charge is 0.462 e. The number of hydrogen-bond acceptors (Lipinski definition) is 6. The van der Waals surface area contributed by atoms with Crippen LogP contribution in [0.2, 0.25) is 0 Å². The Morgan fingerprint density at radius 1 is 0.333 bits per heavy atom. The van der Waals surface area contributed by atoms with E-state index in [1.807, 2.05) is 6.08 Å². The Morgan fingerprint density at radius 2 is 0.667 bits per heavy atom. The summed E-state index contributed by atoms with van der Waals surface area (Å²) in [5.41, 5.74) is 0. The average molecular weight is 875 g/mol. The lowest BCUT2D eigenvalue weighted by Crippen LogP contribution is -2.30. The van der Waals surface area contributed by atoms with Gasteiger partial charge in [0, 0.05) is 19.3 Å². The molecule has 0 saturated carbocycles. The first-order valence-electron chi connectivity index (χ1n) is 25.8. The van der Waals surface area contributed by atoms with Gasteiger partial charge in [-0.3, -0.25) is 14.4 Å². The fraction of sp³-hybridized carbons (Fsp3) is 0.667. The number of carbonyl (C=O) groups is 3. The number of ether oxygens (including phenoxy) is 3. The fourth-order valence-corrected chi connectivity index (χ4v) is 6.65. The summed E-state index contributed by atoms with van der Waals surface area (Å²) in [4.78, 5) is 37.9. The van der Waals surface area contributed by atoms with Gasteiger partial charge < -0.3 is 14.2 Å². The van der Waals surface area contributed by atoms with Crippen molar-refractivity contribution < 1.29 is 28.6 Å². The van der Waals surface area contributed by atoms with Crippen LogP contribution in [-0.2, 0) is 28.6 Å². The Hall–Kier alpha value is -3.67. The molecule has 358 valence electrons. The predicted octanol–water partition coefficient (Wildman–Crippen LogP) is 17.0. The minimum Gasteiger partial charge on any atom is -0.462 e. The lowest BCUT2D eigenvalue weighted by molar-refractivity contribution is -0.166. The van der Waals surface area contributed by atoms with E-state index in [0.717, 1.165) is 77.0 Å². The van der Waals surface area contributed by atoms with Crippen molar-refractivity contribution in [3.63, 3.8) is 0 Å². The van der Waals surface area contributed by atoms with Gasteiger partial charge in [0.15, 0.2) is 6.10 Å². The molecule has 0 aliphatic carbocycles. The lowest BCUT2D eigenvalue weighted by atomic mass is 10.1. The molecule has 63 heavy (non-hydrogen) atoms. The molecule has 6 heteroatoms. The summed E-state index contributed by atoms with van der Waals surface area (Å²) >= 11 is 0. The first kappa shape index (κ1) is 59.3. The van der Waals surface area contributed by atoms with Gasteiger partial charge in [0.05, 0.1) is 0 Å². The van der Waals surface area contributed by atoms with Crippen molar-refractivity contribution in [3.05, 3.63) is 97.2 Å². The minimum absolute atomic E-state index is 0.129. The van der Waals surface area contributed by atoms with Gasteiger partial charge in [-0.1, -0.05) is 201 Å². The highest BCUT2D eigenvalue weighted by Gasteiger charge is 2.19. The molecule has 1 atom stereocenters. The van der Waals surface area contributed by atoms with Gasteiger partial charge in [0.2, 0.25) is 0 Å². The molecule has 0 N–H and O–H groups in total. The number of esters is 3. The van der Waals surface area contributed by atoms with Crippen molar-refractivity contribution in [2.45, 2.75) is 232 Å². The van der Waals surface area contributed by atoms with Crippen LogP contribution in [-0.4, -0.2) is 37.2 Å². The number of allylic oxidation sites excluding steroid dienone is 16. The highest BCUT2D eigenvalue weighted by molar-refractivity contribution is 5.71. The molecule has 0 heterocycles. The van der Waals surface area contributed by atoms with Crippen LogP contribution in [0.4, 0.5) is 0 Å². The standard InChI is InChI=1S/C57H94O6/c1-4-7-10-13-16-19-22-25-27-28-30-32-35-38-41-44-47-50-56(59)62-53-54(52-61-55(58)49-46-43-40-37-34-31-24-21-18-15-12-9-6-3)63-57(60)51-48-45-42-39-36-33-29-26-23-20-17-14-11-8-5-2/h16-17,19-20,23,25-27,30-32,34,38,40-41,43,54H,4-15,18,21-22,24,28-29,33,35-37,39,42,44-53H2,1-3H3/b19-16-,20-17-,26-23-,27-25-,32-30-,34-31-,41-38-,43-40-. The summed E-state index contributed by atoms with van der Waals surface area (Å²) in [5, 5.41) is 0. The monoisotopic (exact) mass is 875 g/mol. The Kier molecular flexibility index (Phi) is 48.0. The van der Waals surface area contributed by atoms with Crippen molar-refractivity contribution in [2.24, 2.45) is 0 Å². The van der Waals surface area contributed by atoms with E-state index < -0.39 is 6.10 Å².